The number of fused-ring (bicyclic) bond motifs is 1. The van der Waals surface area contributed by atoms with Crippen molar-refractivity contribution in [1.82, 2.24) is 20.2 Å². The number of benzene rings is 2. The first kappa shape index (κ1) is 21.4. The normalized spacial score (nSPS) is 11.9. The van der Waals surface area contributed by atoms with E-state index in [9.17, 15) is 9.59 Å². The Bertz CT molecular complexity index is 1180. The Morgan fingerprint density at radius 3 is 2.59 bits per heavy atom. The monoisotopic (exact) mass is 430 g/mol. The van der Waals surface area contributed by atoms with E-state index in [1.807, 2.05) is 61.5 Å². The molecule has 2 aromatic carbocycles. The van der Waals surface area contributed by atoms with Crippen LogP contribution in [0.3, 0.4) is 0 Å². The first-order valence-electron chi connectivity index (χ1n) is 10.7. The molecule has 0 aliphatic heterocycles. The summed E-state index contributed by atoms with van der Waals surface area (Å²) in [5, 5.41) is 5.76. The molecule has 0 saturated heterocycles. The lowest BCUT2D eigenvalue weighted by molar-refractivity contribution is -0.122. The van der Waals surface area contributed by atoms with Crippen LogP contribution in [-0.2, 0) is 17.8 Å². The van der Waals surface area contributed by atoms with E-state index in [0.29, 0.717) is 13.0 Å². The number of imidazole rings is 1. The Labute approximate surface area is 186 Å². The molecule has 2 aromatic heterocycles. The van der Waals surface area contributed by atoms with Gasteiger partial charge in [-0.2, -0.15) is 0 Å². The van der Waals surface area contributed by atoms with E-state index in [-0.39, 0.29) is 11.7 Å². The molecular weight excluding hydrogens is 404 g/mol. The van der Waals surface area contributed by atoms with Gasteiger partial charge in [0.05, 0.1) is 17.3 Å². The maximum Gasteiger partial charge on any atom is 0.287 e. The van der Waals surface area contributed by atoms with Crippen LogP contribution in [0.15, 0.2) is 77.4 Å². The fourth-order valence-corrected chi connectivity index (χ4v) is 3.75. The number of rotatable bonds is 9. The van der Waals surface area contributed by atoms with Gasteiger partial charge in [-0.05, 0) is 43.2 Å². The molecule has 4 aromatic rings. The van der Waals surface area contributed by atoms with E-state index in [4.69, 9.17) is 4.42 Å². The van der Waals surface area contributed by atoms with Gasteiger partial charge in [0, 0.05) is 19.5 Å². The minimum absolute atomic E-state index is 0.179. The number of para-hydroxylation sites is 2. The van der Waals surface area contributed by atoms with Crippen molar-refractivity contribution >= 4 is 22.8 Å². The smallest absolute Gasteiger partial charge is 0.287 e. The minimum atomic E-state index is -0.703. The molecule has 7 nitrogen and oxygen atoms in total. The summed E-state index contributed by atoms with van der Waals surface area (Å²) in [6, 6.07) is 20.2. The summed E-state index contributed by atoms with van der Waals surface area (Å²) >= 11 is 0. The molecule has 0 fully saturated rings. The number of carbonyl (C=O) groups excluding carboxylic acids is 2. The fraction of sp³-hybridized carbons (Fsp3) is 0.240. The van der Waals surface area contributed by atoms with E-state index < -0.39 is 11.9 Å². The van der Waals surface area contributed by atoms with Gasteiger partial charge < -0.3 is 19.6 Å². The molecule has 1 atom stereocenters. The summed E-state index contributed by atoms with van der Waals surface area (Å²) in [7, 11) is 0. The zero-order valence-corrected chi connectivity index (χ0v) is 18.0. The molecular formula is C25H26N4O3. The number of amides is 2. The second-order valence-corrected chi connectivity index (χ2v) is 7.64. The Hall–Kier alpha value is -3.87. The summed E-state index contributed by atoms with van der Waals surface area (Å²) in [5.74, 6) is 0.496. The van der Waals surface area contributed by atoms with Crippen LogP contribution >= 0.6 is 0 Å². The van der Waals surface area contributed by atoms with Crippen LogP contribution in [0.4, 0.5) is 0 Å². The van der Waals surface area contributed by atoms with Gasteiger partial charge in [0.1, 0.15) is 11.9 Å². The number of furan rings is 1. The minimum Gasteiger partial charge on any atom is -0.459 e. The van der Waals surface area contributed by atoms with Gasteiger partial charge in [-0.1, -0.05) is 42.5 Å². The van der Waals surface area contributed by atoms with Gasteiger partial charge in [-0.3, -0.25) is 9.59 Å². The van der Waals surface area contributed by atoms with Crippen LogP contribution in [0.1, 0.15) is 28.4 Å². The van der Waals surface area contributed by atoms with Crippen molar-refractivity contribution in [3.8, 4) is 0 Å². The molecule has 0 saturated carbocycles. The predicted octanol–water partition coefficient (Wildman–Crippen LogP) is 3.49. The highest BCUT2D eigenvalue weighted by Gasteiger charge is 2.22. The highest BCUT2D eigenvalue weighted by atomic mass is 16.3. The molecule has 0 radical (unpaired) electrons. The van der Waals surface area contributed by atoms with Crippen molar-refractivity contribution in [2.45, 2.75) is 32.4 Å². The summed E-state index contributed by atoms with van der Waals surface area (Å²) in [6.45, 7) is 3.22. The maximum absolute atomic E-state index is 12.9. The van der Waals surface area contributed by atoms with Crippen LogP contribution in [0.2, 0.25) is 0 Å². The standard InChI is InChI=1S/C25H26N4O3/c1-18-27-20-11-5-6-12-22(20)29(18)15-8-14-26-24(30)21(17-19-9-3-2-4-10-19)28-25(31)23-13-7-16-32-23/h2-7,9-13,16,21H,8,14-15,17H2,1H3,(H,26,30)(H,28,31). The second kappa shape index (κ2) is 9.96. The lowest BCUT2D eigenvalue weighted by atomic mass is 10.0. The summed E-state index contributed by atoms with van der Waals surface area (Å²) < 4.78 is 7.31. The first-order chi connectivity index (χ1) is 15.6. The average Bonchev–Trinajstić information content (AvgIpc) is 3.45. The SMILES string of the molecule is Cc1nc2ccccc2n1CCCNC(=O)C(Cc1ccccc1)NC(=O)c1ccco1. The van der Waals surface area contributed by atoms with E-state index in [2.05, 4.69) is 20.2 Å². The van der Waals surface area contributed by atoms with Crippen molar-refractivity contribution in [3.05, 3.63) is 90.1 Å². The van der Waals surface area contributed by atoms with E-state index in [1.54, 1.807) is 12.1 Å². The lowest BCUT2D eigenvalue weighted by Crippen LogP contribution is -2.48. The molecule has 32 heavy (non-hydrogen) atoms. The summed E-state index contributed by atoms with van der Waals surface area (Å²) in [4.78, 5) is 30.0. The molecule has 0 bridgehead atoms. The zero-order chi connectivity index (χ0) is 22.3. The number of nitrogens with zero attached hydrogens (tertiary/aromatic N) is 2. The Morgan fingerprint density at radius 1 is 1.03 bits per heavy atom. The lowest BCUT2D eigenvalue weighted by Gasteiger charge is -2.18. The summed E-state index contributed by atoms with van der Waals surface area (Å²) in [5.41, 5.74) is 3.02. The highest BCUT2D eigenvalue weighted by Crippen LogP contribution is 2.15. The molecule has 0 aliphatic rings. The van der Waals surface area contributed by atoms with Crippen molar-refractivity contribution in [2.75, 3.05) is 6.54 Å². The fourth-order valence-electron chi connectivity index (χ4n) is 3.75. The quantitative estimate of drug-likeness (QED) is 0.398. The molecule has 164 valence electrons. The van der Waals surface area contributed by atoms with Crippen molar-refractivity contribution in [1.29, 1.82) is 0 Å². The van der Waals surface area contributed by atoms with Crippen LogP contribution < -0.4 is 10.6 Å². The Morgan fingerprint density at radius 2 is 1.81 bits per heavy atom. The van der Waals surface area contributed by atoms with Crippen LogP contribution in [0, 0.1) is 6.92 Å². The first-order valence-corrected chi connectivity index (χ1v) is 10.7. The molecule has 2 amide bonds. The van der Waals surface area contributed by atoms with Gasteiger partial charge in [-0.25, -0.2) is 4.98 Å². The van der Waals surface area contributed by atoms with Gasteiger partial charge in [0.2, 0.25) is 5.91 Å². The van der Waals surface area contributed by atoms with Crippen LogP contribution in [-0.4, -0.2) is 34.0 Å². The molecule has 7 heteroatoms. The van der Waals surface area contributed by atoms with Crippen LogP contribution in [0.5, 0.6) is 0 Å². The van der Waals surface area contributed by atoms with Crippen molar-refractivity contribution < 1.29 is 14.0 Å². The third-order valence-electron chi connectivity index (χ3n) is 5.35. The number of hydrogen-bond donors (Lipinski definition) is 2. The molecule has 0 aliphatic carbocycles. The Kier molecular flexibility index (Phi) is 6.65. The van der Waals surface area contributed by atoms with Crippen LogP contribution in [0.25, 0.3) is 11.0 Å². The Balaban J connectivity index is 1.37. The molecule has 2 heterocycles. The maximum atomic E-state index is 12.9. The van der Waals surface area contributed by atoms with E-state index in [1.165, 1.54) is 6.26 Å². The summed E-state index contributed by atoms with van der Waals surface area (Å²) in [6.07, 6.45) is 2.57. The largest absolute Gasteiger partial charge is 0.459 e. The number of hydrogen-bond acceptors (Lipinski definition) is 4. The predicted molar refractivity (Wildman–Crippen MR) is 122 cm³/mol. The number of carbonyl (C=O) groups is 2. The number of aromatic nitrogens is 2. The molecule has 0 spiro atoms. The van der Waals surface area contributed by atoms with Crippen molar-refractivity contribution in [3.63, 3.8) is 0 Å². The average molecular weight is 431 g/mol. The number of aryl methyl sites for hydroxylation is 2. The van der Waals surface area contributed by atoms with E-state index in [0.717, 1.165) is 35.4 Å². The highest BCUT2D eigenvalue weighted by molar-refractivity contribution is 5.95. The molecule has 1 unspecified atom stereocenters. The molecule has 4 rings (SSSR count). The van der Waals surface area contributed by atoms with Gasteiger partial charge in [-0.15, -0.1) is 0 Å². The third kappa shape index (κ3) is 5.06. The number of nitrogens with one attached hydrogen (secondary N) is 2. The zero-order valence-electron chi connectivity index (χ0n) is 18.0. The molecule has 2 N–H and O–H groups in total. The van der Waals surface area contributed by atoms with Gasteiger partial charge >= 0.3 is 0 Å². The van der Waals surface area contributed by atoms with Gasteiger partial charge in [0.15, 0.2) is 5.76 Å². The topological polar surface area (TPSA) is 89.2 Å². The third-order valence-corrected chi connectivity index (χ3v) is 5.35. The van der Waals surface area contributed by atoms with Gasteiger partial charge in [0.25, 0.3) is 5.91 Å². The van der Waals surface area contributed by atoms with E-state index >= 15 is 0 Å². The van der Waals surface area contributed by atoms with Crippen molar-refractivity contribution in [2.24, 2.45) is 0 Å². The second-order valence-electron chi connectivity index (χ2n) is 7.64.